The largest absolute Gasteiger partial charge is 0.495 e. The van der Waals surface area contributed by atoms with Crippen molar-refractivity contribution in [3.8, 4) is 17.5 Å². The number of fused-ring (bicyclic) bond motifs is 2. The lowest BCUT2D eigenvalue weighted by Crippen LogP contribution is -2.51. The molecule has 0 amide bonds. The molecule has 3 aromatic carbocycles. The molecule has 194 valence electrons. The maximum atomic E-state index is 14.6. The standard InChI is InChI=1S/C30H27ClFN3O3/c1-29(2)16-30(37,17-32)28(21-11-13-22(31)27(38-3)26(21)29)34-23-5-4-6-24-20(23)12-14-25(36)35(24)19-9-7-18(15-33)8-10-19/h4-14,28,34,37H,16-17H2,1-3H3. The average Bonchev–Trinajstić information content (AvgIpc) is 2.90. The van der Waals surface area contributed by atoms with E-state index < -0.39 is 23.7 Å². The molecule has 2 N–H and O–H groups in total. The average molecular weight is 532 g/mol. The predicted molar refractivity (Wildman–Crippen MR) is 147 cm³/mol. The summed E-state index contributed by atoms with van der Waals surface area (Å²) in [6, 6.07) is 20.1. The van der Waals surface area contributed by atoms with Crippen LogP contribution in [0.25, 0.3) is 16.6 Å². The van der Waals surface area contributed by atoms with Crippen molar-refractivity contribution >= 4 is 28.2 Å². The fourth-order valence-electron chi connectivity index (χ4n) is 5.80. The molecule has 1 aromatic heterocycles. The lowest BCUT2D eigenvalue weighted by molar-refractivity contribution is -0.0348. The number of aromatic nitrogens is 1. The van der Waals surface area contributed by atoms with Gasteiger partial charge in [0.25, 0.3) is 5.56 Å². The van der Waals surface area contributed by atoms with Crippen molar-refractivity contribution in [3.05, 3.63) is 98.8 Å². The molecule has 1 heterocycles. The topological polar surface area (TPSA) is 87.3 Å². The van der Waals surface area contributed by atoms with Crippen molar-refractivity contribution in [2.45, 2.75) is 37.3 Å². The summed E-state index contributed by atoms with van der Waals surface area (Å²) in [5, 5.41) is 25.3. The molecule has 8 heteroatoms. The van der Waals surface area contributed by atoms with E-state index in [1.54, 1.807) is 60.2 Å². The smallest absolute Gasteiger partial charge is 0.255 e. The molecule has 4 aromatic rings. The third kappa shape index (κ3) is 4.10. The summed E-state index contributed by atoms with van der Waals surface area (Å²) in [5.41, 5.74) is 1.31. The van der Waals surface area contributed by atoms with Crippen LogP contribution in [0, 0.1) is 11.3 Å². The van der Waals surface area contributed by atoms with Gasteiger partial charge in [-0.2, -0.15) is 5.26 Å². The van der Waals surface area contributed by atoms with E-state index in [0.29, 0.717) is 44.2 Å². The van der Waals surface area contributed by atoms with Crippen LogP contribution in [-0.2, 0) is 5.41 Å². The number of rotatable bonds is 5. The first kappa shape index (κ1) is 25.8. The molecule has 0 fully saturated rings. The zero-order chi connectivity index (χ0) is 27.2. The fourth-order valence-corrected chi connectivity index (χ4v) is 6.03. The number of halogens is 2. The molecule has 0 bridgehead atoms. The molecule has 2 atom stereocenters. The summed E-state index contributed by atoms with van der Waals surface area (Å²) in [6.07, 6.45) is 0.137. The van der Waals surface area contributed by atoms with Gasteiger partial charge in [-0.05, 0) is 65.9 Å². The number of benzene rings is 3. The second-order valence-electron chi connectivity index (χ2n) is 10.3. The number of ether oxygens (including phenoxy) is 1. The number of hydrogen-bond acceptors (Lipinski definition) is 5. The van der Waals surface area contributed by atoms with Crippen LogP contribution in [0.15, 0.2) is 71.5 Å². The Kier molecular flexibility index (Phi) is 6.42. The van der Waals surface area contributed by atoms with Gasteiger partial charge in [-0.25, -0.2) is 4.39 Å². The van der Waals surface area contributed by atoms with E-state index in [0.717, 1.165) is 5.56 Å². The minimum atomic E-state index is -1.71. The van der Waals surface area contributed by atoms with E-state index in [1.165, 1.54) is 6.07 Å². The second kappa shape index (κ2) is 9.46. The highest BCUT2D eigenvalue weighted by Gasteiger charge is 2.50. The molecule has 0 saturated heterocycles. The molecule has 38 heavy (non-hydrogen) atoms. The summed E-state index contributed by atoms with van der Waals surface area (Å²) >= 11 is 6.46. The van der Waals surface area contributed by atoms with Crippen LogP contribution >= 0.6 is 11.6 Å². The van der Waals surface area contributed by atoms with E-state index in [-0.39, 0.29) is 12.0 Å². The van der Waals surface area contributed by atoms with Gasteiger partial charge in [-0.15, -0.1) is 0 Å². The predicted octanol–water partition coefficient (Wildman–Crippen LogP) is 6.06. The molecule has 6 nitrogen and oxygen atoms in total. The first-order valence-electron chi connectivity index (χ1n) is 12.2. The van der Waals surface area contributed by atoms with E-state index in [2.05, 4.69) is 11.4 Å². The Labute approximate surface area is 224 Å². The van der Waals surface area contributed by atoms with Gasteiger partial charge in [0.1, 0.15) is 18.0 Å². The van der Waals surface area contributed by atoms with Gasteiger partial charge in [0.05, 0.1) is 35.3 Å². The molecular formula is C30H27ClFN3O3. The maximum Gasteiger partial charge on any atom is 0.255 e. The molecule has 0 spiro atoms. The molecule has 5 rings (SSSR count). The van der Waals surface area contributed by atoms with Gasteiger partial charge < -0.3 is 15.2 Å². The summed E-state index contributed by atoms with van der Waals surface area (Å²) in [4.78, 5) is 12.9. The number of anilines is 1. The summed E-state index contributed by atoms with van der Waals surface area (Å²) in [5.74, 6) is 0.509. The second-order valence-corrected chi connectivity index (χ2v) is 10.7. The third-order valence-corrected chi connectivity index (χ3v) is 7.64. The Hall–Kier alpha value is -3.86. The van der Waals surface area contributed by atoms with Gasteiger partial charge in [-0.1, -0.05) is 37.6 Å². The molecule has 0 aliphatic heterocycles. The number of hydrogen-bond donors (Lipinski definition) is 2. The summed E-state index contributed by atoms with van der Waals surface area (Å²) < 4.78 is 21.8. The Morgan fingerprint density at radius 2 is 1.89 bits per heavy atom. The zero-order valence-corrected chi connectivity index (χ0v) is 22.0. The Bertz CT molecular complexity index is 1640. The van der Waals surface area contributed by atoms with Crippen LogP contribution in [0.5, 0.6) is 5.75 Å². The molecule has 2 unspecified atom stereocenters. The first-order chi connectivity index (χ1) is 18.1. The maximum absolute atomic E-state index is 14.6. The van der Waals surface area contributed by atoms with Crippen molar-refractivity contribution in [1.29, 1.82) is 5.26 Å². The molecule has 1 aliphatic carbocycles. The molecule has 0 saturated carbocycles. The summed E-state index contributed by atoms with van der Waals surface area (Å²) in [7, 11) is 1.54. The fraction of sp³-hybridized carbons (Fsp3) is 0.267. The molecule has 1 aliphatic rings. The third-order valence-electron chi connectivity index (χ3n) is 7.34. The van der Waals surface area contributed by atoms with E-state index >= 15 is 0 Å². The van der Waals surface area contributed by atoms with Gasteiger partial charge >= 0.3 is 0 Å². The minimum Gasteiger partial charge on any atom is -0.495 e. The van der Waals surface area contributed by atoms with Crippen molar-refractivity contribution in [1.82, 2.24) is 4.57 Å². The van der Waals surface area contributed by atoms with Gasteiger partial charge in [0, 0.05) is 28.4 Å². The van der Waals surface area contributed by atoms with Crippen LogP contribution in [-0.4, -0.2) is 29.1 Å². The highest BCUT2D eigenvalue weighted by atomic mass is 35.5. The van der Waals surface area contributed by atoms with Crippen LogP contribution in [0.4, 0.5) is 10.1 Å². The lowest BCUT2D eigenvalue weighted by Gasteiger charge is -2.48. The van der Waals surface area contributed by atoms with E-state index in [9.17, 15) is 14.3 Å². The number of methoxy groups -OCH3 is 1. The normalized spacial score (nSPS) is 20.0. The zero-order valence-electron chi connectivity index (χ0n) is 21.3. The SMILES string of the molecule is COc1c(Cl)ccc2c1C(C)(C)CC(O)(CF)C2Nc1cccc2c1ccc(=O)n2-c1ccc(C#N)cc1. The van der Waals surface area contributed by atoms with Gasteiger partial charge in [-0.3, -0.25) is 9.36 Å². The molecule has 0 radical (unpaired) electrons. The number of nitrogens with zero attached hydrogens (tertiary/aromatic N) is 2. The number of nitrogens with one attached hydrogen (secondary N) is 1. The Morgan fingerprint density at radius 3 is 2.55 bits per heavy atom. The number of alkyl halides is 1. The summed E-state index contributed by atoms with van der Waals surface area (Å²) in [6.45, 7) is 2.92. The van der Waals surface area contributed by atoms with E-state index in [4.69, 9.17) is 21.6 Å². The van der Waals surface area contributed by atoms with E-state index in [1.807, 2.05) is 26.0 Å². The highest BCUT2D eigenvalue weighted by molar-refractivity contribution is 6.32. The Morgan fingerprint density at radius 1 is 1.16 bits per heavy atom. The van der Waals surface area contributed by atoms with Gasteiger partial charge in [0.15, 0.2) is 0 Å². The Balaban J connectivity index is 1.69. The van der Waals surface area contributed by atoms with Crippen molar-refractivity contribution in [3.63, 3.8) is 0 Å². The quantitative estimate of drug-likeness (QED) is 0.327. The number of aliphatic hydroxyl groups is 1. The number of nitriles is 1. The minimum absolute atomic E-state index is 0.137. The lowest BCUT2D eigenvalue weighted by atomic mass is 9.64. The van der Waals surface area contributed by atoms with Crippen molar-refractivity contribution < 1.29 is 14.2 Å². The van der Waals surface area contributed by atoms with Crippen LogP contribution < -0.4 is 15.6 Å². The van der Waals surface area contributed by atoms with Crippen LogP contribution in [0.3, 0.4) is 0 Å². The van der Waals surface area contributed by atoms with Gasteiger partial charge in [0.2, 0.25) is 0 Å². The monoisotopic (exact) mass is 531 g/mol. The van der Waals surface area contributed by atoms with Crippen molar-refractivity contribution in [2.75, 3.05) is 19.1 Å². The van der Waals surface area contributed by atoms with Crippen LogP contribution in [0.1, 0.15) is 43.0 Å². The van der Waals surface area contributed by atoms with Crippen molar-refractivity contribution in [2.24, 2.45) is 0 Å². The highest BCUT2D eigenvalue weighted by Crippen LogP contribution is 2.53. The molecular weight excluding hydrogens is 505 g/mol. The van der Waals surface area contributed by atoms with Crippen LogP contribution in [0.2, 0.25) is 5.02 Å². The number of pyridine rings is 1. The first-order valence-corrected chi connectivity index (χ1v) is 12.6.